The maximum Gasteiger partial charge on any atom is 0.129 e. The normalized spacial score (nSPS) is 21.0. The summed E-state index contributed by atoms with van der Waals surface area (Å²) in [4.78, 5) is 9.62. The van der Waals surface area contributed by atoms with Crippen molar-refractivity contribution in [1.29, 1.82) is 0 Å². The number of hydrogen-bond donors (Lipinski definition) is 1. The van der Waals surface area contributed by atoms with Gasteiger partial charge in [-0.1, -0.05) is 18.5 Å². The highest BCUT2D eigenvalue weighted by Crippen LogP contribution is 2.23. The summed E-state index contributed by atoms with van der Waals surface area (Å²) < 4.78 is 0. The van der Waals surface area contributed by atoms with E-state index < -0.39 is 0 Å². The molecule has 1 aromatic rings. The Balaban J connectivity index is 2.25. The molecule has 0 saturated carbocycles. The fourth-order valence-corrected chi connectivity index (χ4v) is 2.99. The average molecular weight is 297 g/mol. The van der Waals surface area contributed by atoms with Crippen LogP contribution in [0.3, 0.4) is 0 Å². The standard InChI is InChI=1S/C15H25ClN4/c1-4-12-11-19(3)8-5-9-20(12)15-7-6-13(16)14(18-15)10-17-2/h6-7,12,17H,4-5,8-11H2,1-3H3. The van der Waals surface area contributed by atoms with Gasteiger partial charge in [0, 0.05) is 25.7 Å². The molecule has 0 amide bonds. The zero-order valence-electron chi connectivity index (χ0n) is 12.7. The summed E-state index contributed by atoms with van der Waals surface area (Å²) in [5.41, 5.74) is 0.930. The molecule has 0 spiro atoms. The number of likely N-dealkylation sites (N-methyl/N-ethyl adjacent to an activating group) is 1. The summed E-state index contributed by atoms with van der Waals surface area (Å²) in [6.07, 6.45) is 2.31. The van der Waals surface area contributed by atoms with Crippen molar-refractivity contribution >= 4 is 17.4 Å². The Morgan fingerprint density at radius 1 is 1.40 bits per heavy atom. The predicted octanol–water partition coefficient (Wildman–Crippen LogP) is 2.37. The van der Waals surface area contributed by atoms with E-state index in [0.29, 0.717) is 12.6 Å². The average Bonchev–Trinajstić information content (AvgIpc) is 2.63. The number of pyridine rings is 1. The Kier molecular flexibility index (Phi) is 5.64. The second-order valence-corrected chi connectivity index (χ2v) is 5.91. The topological polar surface area (TPSA) is 31.4 Å². The molecule has 4 nitrogen and oxygen atoms in total. The number of rotatable bonds is 4. The third-order valence-electron chi connectivity index (χ3n) is 3.92. The van der Waals surface area contributed by atoms with E-state index >= 15 is 0 Å². The van der Waals surface area contributed by atoms with Crippen molar-refractivity contribution in [3.05, 3.63) is 22.8 Å². The Hall–Kier alpha value is -0.840. The first-order chi connectivity index (χ1) is 9.65. The molecule has 20 heavy (non-hydrogen) atoms. The lowest BCUT2D eigenvalue weighted by Crippen LogP contribution is -2.40. The SMILES string of the molecule is CCC1CN(C)CCCN1c1ccc(Cl)c(CNC)n1. The third-order valence-corrected chi connectivity index (χ3v) is 4.26. The molecule has 1 aromatic heterocycles. The van der Waals surface area contributed by atoms with Crippen molar-refractivity contribution in [1.82, 2.24) is 15.2 Å². The van der Waals surface area contributed by atoms with Crippen molar-refractivity contribution < 1.29 is 0 Å². The summed E-state index contributed by atoms with van der Waals surface area (Å²) >= 11 is 6.21. The van der Waals surface area contributed by atoms with Gasteiger partial charge in [0.1, 0.15) is 5.82 Å². The van der Waals surface area contributed by atoms with Crippen LogP contribution in [0.2, 0.25) is 5.02 Å². The smallest absolute Gasteiger partial charge is 0.129 e. The van der Waals surface area contributed by atoms with E-state index in [0.717, 1.165) is 42.6 Å². The minimum absolute atomic E-state index is 0.526. The van der Waals surface area contributed by atoms with E-state index in [1.54, 1.807) is 0 Å². The van der Waals surface area contributed by atoms with Gasteiger partial charge in [0.25, 0.3) is 0 Å². The molecule has 2 heterocycles. The first kappa shape index (κ1) is 15.5. The molecule has 1 saturated heterocycles. The van der Waals surface area contributed by atoms with Crippen LogP contribution in [0.4, 0.5) is 5.82 Å². The van der Waals surface area contributed by atoms with Crippen LogP contribution < -0.4 is 10.2 Å². The molecule has 0 radical (unpaired) electrons. The largest absolute Gasteiger partial charge is 0.352 e. The van der Waals surface area contributed by atoms with Crippen LogP contribution in [-0.4, -0.2) is 49.7 Å². The van der Waals surface area contributed by atoms with Gasteiger partial charge in [0.05, 0.1) is 10.7 Å². The van der Waals surface area contributed by atoms with Crippen molar-refractivity contribution in [2.75, 3.05) is 38.6 Å². The molecule has 1 fully saturated rings. The molecular formula is C15H25ClN4. The molecule has 5 heteroatoms. The van der Waals surface area contributed by atoms with Gasteiger partial charge in [-0.15, -0.1) is 0 Å². The molecule has 1 unspecified atom stereocenters. The highest BCUT2D eigenvalue weighted by Gasteiger charge is 2.23. The molecular weight excluding hydrogens is 272 g/mol. The van der Waals surface area contributed by atoms with E-state index in [4.69, 9.17) is 16.6 Å². The second-order valence-electron chi connectivity index (χ2n) is 5.50. The first-order valence-electron chi connectivity index (χ1n) is 7.41. The lowest BCUT2D eigenvalue weighted by Gasteiger charge is -2.31. The van der Waals surface area contributed by atoms with Crippen LogP contribution in [-0.2, 0) is 6.54 Å². The fourth-order valence-electron chi connectivity index (χ4n) is 2.82. The van der Waals surface area contributed by atoms with E-state index in [2.05, 4.69) is 35.2 Å². The summed E-state index contributed by atoms with van der Waals surface area (Å²) in [7, 11) is 4.12. The van der Waals surface area contributed by atoms with Crippen LogP contribution in [0.5, 0.6) is 0 Å². The highest BCUT2D eigenvalue weighted by atomic mass is 35.5. The molecule has 1 atom stereocenters. The van der Waals surface area contributed by atoms with E-state index in [-0.39, 0.29) is 0 Å². The van der Waals surface area contributed by atoms with Gasteiger partial charge in [-0.3, -0.25) is 0 Å². The number of nitrogens with one attached hydrogen (secondary N) is 1. The maximum absolute atomic E-state index is 6.21. The molecule has 0 aliphatic carbocycles. The molecule has 1 aliphatic rings. The predicted molar refractivity (Wildman–Crippen MR) is 85.5 cm³/mol. The zero-order chi connectivity index (χ0) is 14.5. The zero-order valence-corrected chi connectivity index (χ0v) is 13.5. The van der Waals surface area contributed by atoms with Crippen molar-refractivity contribution in [3.8, 4) is 0 Å². The van der Waals surface area contributed by atoms with Crippen LogP contribution in [0.25, 0.3) is 0 Å². The van der Waals surface area contributed by atoms with Crippen LogP contribution in [0, 0.1) is 0 Å². The van der Waals surface area contributed by atoms with Crippen LogP contribution >= 0.6 is 11.6 Å². The Bertz CT molecular complexity index is 438. The van der Waals surface area contributed by atoms with Gasteiger partial charge in [0.15, 0.2) is 0 Å². The first-order valence-corrected chi connectivity index (χ1v) is 7.78. The van der Waals surface area contributed by atoms with Gasteiger partial charge in [0.2, 0.25) is 0 Å². The lowest BCUT2D eigenvalue weighted by atomic mass is 10.2. The Morgan fingerprint density at radius 2 is 2.20 bits per heavy atom. The van der Waals surface area contributed by atoms with Crippen LogP contribution in [0.1, 0.15) is 25.5 Å². The molecule has 2 rings (SSSR count). The third kappa shape index (κ3) is 3.62. The van der Waals surface area contributed by atoms with Gasteiger partial charge in [-0.25, -0.2) is 4.98 Å². The lowest BCUT2D eigenvalue weighted by molar-refractivity contribution is 0.327. The van der Waals surface area contributed by atoms with Gasteiger partial charge >= 0.3 is 0 Å². The van der Waals surface area contributed by atoms with E-state index in [9.17, 15) is 0 Å². The molecule has 0 bridgehead atoms. The second kappa shape index (κ2) is 7.25. The number of nitrogens with zero attached hydrogens (tertiary/aromatic N) is 3. The summed E-state index contributed by atoms with van der Waals surface area (Å²) in [5.74, 6) is 1.06. The van der Waals surface area contributed by atoms with Crippen LogP contribution in [0.15, 0.2) is 12.1 Å². The molecule has 1 N–H and O–H groups in total. The van der Waals surface area contributed by atoms with E-state index in [1.807, 2.05) is 13.1 Å². The minimum atomic E-state index is 0.526. The van der Waals surface area contributed by atoms with Crippen molar-refractivity contribution in [2.45, 2.75) is 32.4 Å². The Morgan fingerprint density at radius 3 is 2.90 bits per heavy atom. The summed E-state index contributed by atoms with van der Waals surface area (Å²) in [6.45, 7) is 6.28. The Labute approximate surface area is 127 Å². The molecule has 0 aromatic carbocycles. The number of halogens is 1. The fraction of sp³-hybridized carbons (Fsp3) is 0.667. The number of anilines is 1. The van der Waals surface area contributed by atoms with Gasteiger partial charge in [-0.2, -0.15) is 0 Å². The number of aromatic nitrogens is 1. The quantitative estimate of drug-likeness (QED) is 0.924. The summed E-state index contributed by atoms with van der Waals surface area (Å²) in [6, 6.07) is 4.55. The molecule has 1 aliphatic heterocycles. The molecule has 112 valence electrons. The monoisotopic (exact) mass is 296 g/mol. The number of hydrogen-bond acceptors (Lipinski definition) is 4. The van der Waals surface area contributed by atoms with Gasteiger partial charge in [-0.05, 0) is 45.6 Å². The maximum atomic E-state index is 6.21. The van der Waals surface area contributed by atoms with Crippen molar-refractivity contribution in [3.63, 3.8) is 0 Å². The van der Waals surface area contributed by atoms with E-state index in [1.165, 1.54) is 6.42 Å². The van der Waals surface area contributed by atoms with Gasteiger partial charge < -0.3 is 15.1 Å². The van der Waals surface area contributed by atoms with Crippen molar-refractivity contribution in [2.24, 2.45) is 0 Å². The minimum Gasteiger partial charge on any atom is -0.352 e. The summed E-state index contributed by atoms with van der Waals surface area (Å²) in [5, 5.41) is 3.86. The highest BCUT2D eigenvalue weighted by molar-refractivity contribution is 6.31.